The average molecular weight is 646 g/mol. The van der Waals surface area contributed by atoms with Crippen molar-refractivity contribution in [3.63, 3.8) is 0 Å². The van der Waals surface area contributed by atoms with Crippen LogP contribution in [0.4, 0.5) is 22.0 Å². The molecule has 10 heteroatoms. The Hall–Kier alpha value is -2.76. The maximum atomic E-state index is 15.3. The number of alkyl halides is 5. The van der Waals surface area contributed by atoms with Gasteiger partial charge in [0.1, 0.15) is 5.60 Å². The molecule has 1 spiro atoms. The molecule has 6 rings (SSSR count). The number of aliphatic hydroxyl groups is 2. The summed E-state index contributed by atoms with van der Waals surface area (Å²) < 4.78 is 84.8. The van der Waals surface area contributed by atoms with Gasteiger partial charge < -0.3 is 19.7 Å². The Kier molecular flexibility index (Phi) is 7.84. The van der Waals surface area contributed by atoms with Crippen molar-refractivity contribution in [3.05, 3.63) is 58.7 Å². The first-order valence-electron chi connectivity index (χ1n) is 16.0. The highest BCUT2D eigenvalue weighted by atomic mass is 19.4. The lowest BCUT2D eigenvalue weighted by atomic mass is 9.49. The summed E-state index contributed by atoms with van der Waals surface area (Å²) in [7, 11) is 0. The van der Waals surface area contributed by atoms with Crippen molar-refractivity contribution < 1.29 is 41.6 Å². The van der Waals surface area contributed by atoms with Crippen LogP contribution in [0.25, 0.3) is 0 Å². The van der Waals surface area contributed by atoms with E-state index in [1.165, 1.54) is 19.1 Å². The molecule has 0 unspecified atom stereocenters. The van der Waals surface area contributed by atoms with Crippen molar-refractivity contribution in [2.45, 2.75) is 107 Å². The fourth-order valence-electron chi connectivity index (χ4n) is 9.31. The number of hydrogen-bond donors (Lipinski definition) is 2. The van der Waals surface area contributed by atoms with E-state index in [-0.39, 0.29) is 30.6 Å². The number of halogens is 5. The molecule has 0 amide bonds. The van der Waals surface area contributed by atoms with Crippen molar-refractivity contribution in [2.24, 2.45) is 22.7 Å². The van der Waals surface area contributed by atoms with Crippen molar-refractivity contribution >= 4 is 0 Å². The summed E-state index contributed by atoms with van der Waals surface area (Å²) >= 11 is 0. The van der Waals surface area contributed by atoms with Gasteiger partial charge in [-0.15, -0.1) is 0 Å². The van der Waals surface area contributed by atoms with Gasteiger partial charge in [-0.3, -0.25) is 0 Å². The minimum Gasteiger partial charge on any atom is -0.385 e. The molecule has 4 aliphatic carbocycles. The van der Waals surface area contributed by atoms with Crippen LogP contribution in [-0.2, 0) is 9.47 Å². The summed E-state index contributed by atoms with van der Waals surface area (Å²) in [6.07, 6.45) is -2.18. The second-order valence-corrected chi connectivity index (χ2v) is 15.0. The zero-order valence-electron chi connectivity index (χ0n) is 26.3. The Morgan fingerprint density at radius 3 is 2.24 bits per heavy atom. The Bertz CT molecular complexity index is 1540. The molecule has 5 aliphatic rings. The van der Waals surface area contributed by atoms with E-state index >= 15 is 8.78 Å². The highest BCUT2D eigenvalue weighted by Gasteiger charge is 2.79. The van der Waals surface area contributed by atoms with Gasteiger partial charge in [-0.1, -0.05) is 50.3 Å². The van der Waals surface area contributed by atoms with Crippen LogP contribution in [-0.4, -0.2) is 52.5 Å². The third-order valence-electron chi connectivity index (χ3n) is 11.7. The molecule has 1 aliphatic heterocycles. The van der Waals surface area contributed by atoms with Crippen molar-refractivity contribution in [1.82, 2.24) is 0 Å². The number of ether oxygens (including phenoxy) is 2. The summed E-state index contributed by atoms with van der Waals surface area (Å²) in [5.74, 6) is -2.18. The van der Waals surface area contributed by atoms with Crippen LogP contribution in [0.2, 0.25) is 0 Å². The van der Waals surface area contributed by atoms with Gasteiger partial charge in [0.05, 0.1) is 24.9 Å². The minimum atomic E-state index is -5.91. The number of benzene rings is 1. The lowest BCUT2D eigenvalue weighted by Crippen LogP contribution is -2.65. The second kappa shape index (κ2) is 10.9. The molecule has 5 nitrogen and oxygen atoms in total. The molecule has 1 aromatic rings. The number of nitriles is 1. The summed E-state index contributed by atoms with van der Waals surface area (Å²) in [5, 5.41) is 32.5. The number of fused-ring (bicyclic) bond motifs is 4. The quantitative estimate of drug-likeness (QED) is 0.152. The highest BCUT2D eigenvalue weighted by molar-refractivity contribution is 5.46. The molecular formula is C36H40F5NO4. The average Bonchev–Trinajstić information content (AvgIpc) is 3.27. The van der Waals surface area contributed by atoms with Gasteiger partial charge in [-0.2, -0.15) is 27.2 Å². The molecule has 3 saturated carbocycles. The molecule has 1 saturated heterocycles. The van der Waals surface area contributed by atoms with Crippen LogP contribution in [0.1, 0.15) is 89.2 Å². The predicted molar refractivity (Wildman–Crippen MR) is 159 cm³/mol. The first kappa shape index (κ1) is 33.2. The SMILES string of the molecule is CC1(C)COC2(CCC3=C4[C@@H](CC[C@@]3(O)C2)[C@@H]2CC[C@@](O)(C(F)(F)C(F)(F)F)[C@@]2(C)C[C@@H]4c2ccc(C#C/C=C/C#N)cc2)OC1. The van der Waals surface area contributed by atoms with Gasteiger partial charge in [-0.05, 0) is 79.7 Å². The van der Waals surface area contributed by atoms with E-state index in [1.54, 1.807) is 24.3 Å². The summed E-state index contributed by atoms with van der Waals surface area (Å²) in [6.45, 7) is 6.46. The molecule has 2 N–H and O–H groups in total. The fraction of sp³-hybridized carbons (Fsp3) is 0.639. The third-order valence-corrected chi connectivity index (χ3v) is 11.7. The molecule has 0 radical (unpaired) electrons. The Morgan fingerprint density at radius 1 is 0.935 bits per heavy atom. The number of allylic oxidation sites excluding steroid dienone is 3. The van der Waals surface area contributed by atoms with Crippen LogP contribution >= 0.6 is 0 Å². The van der Waals surface area contributed by atoms with Gasteiger partial charge in [0.2, 0.25) is 0 Å². The molecule has 4 fully saturated rings. The molecule has 46 heavy (non-hydrogen) atoms. The maximum Gasteiger partial charge on any atom is 0.456 e. The lowest BCUT2D eigenvalue weighted by molar-refractivity contribution is -0.362. The van der Waals surface area contributed by atoms with E-state index in [4.69, 9.17) is 14.7 Å². The molecule has 1 aromatic carbocycles. The van der Waals surface area contributed by atoms with Crippen molar-refractivity contribution in [2.75, 3.05) is 13.2 Å². The monoisotopic (exact) mass is 645 g/mol. The number of nitrogens with zero attached hydrogens (tertiary/aromatic N) is 1. The predicted octanol–water partition coefficient (Wildman–Crippen LogP) is 7.34. The Morgan fingerprint density at radius 2 is 1.61 bits per heavy atom. The zero-order chi connectivity index (χ0) is 33.4. The highest BCUT2D eigenvalue weighted by Crippen LogP contribution is 2.71. The lowest BCUT2D eigenvalue weighted by Gasteiger charge is -2.59. The topological polar surface area (TPSA) is 82.7 Å². The molecule has 0 bridgehead atoms. The van der Waals surface area contributed by atoms with Crippen LogP contribution in [0, 0.1) is 45.8 Å². The molecule has 248 valence electrons. The minimum absolute atomic E-state index is 0.0290. The van der Waals surface area contributed by atoms with E-state index in [0.717, 1.165) is 11.1 Å². The summed E-state index contributed by atoms with van der Waals surface area (Å²) in [6, 6.07) is 8.94. The van der Waals surface area contributed by atoms with Gasteiger partial charge in [0.15, 0.2) is 5.79 Å². The Balaban J connectivity index is 1.44. The number of rotatable bonds is 2. The van der Waals surface area contributed by atoms with E-state index in [2.05, 4.69) is 11.8 Å². The van der Waals surface area contributed by atoms with Gasteiger partial charge in [0, 0.05) is 41.2 Å². The summed E-state index contributed by atoms with van der Waals surface area (Å²) in [5.41, 5.74) is -3.43. The standard InChI is InChI=1S/C36H40F5NO4/c1-30(2)21-45-33(46-22-30)16-13-28-29-25(12-15-32(28,43)20-33)27-14-17-34(44,35(37,38)36(39,40)41)31(27,3)19-26(29)24-10-8-23(9-11-24)7-5-4-6-18-42/h4,6,8-11,25-27,43-44H,12-17,19-22H2,1-3H3/b6-4+/t25-,26+,27-,31-,32+,34-/m0/s1. The maximum absolute atomic E-state index is 15.3. The molecule has 1 heterocycles. The first-order chi connectivity index (χ1) is 21.4. The Labute approximate surface area is 266 Å². The van der Waals surface area contributed by atoms with Crippen LogP contribution < -0.4 is 0 Å². The number of hydrogen-bond acceptors (Lipinski definition) is 5. The van der Waals surface area contributed by atoms with Crippen molar-refractivity contribution in [3.8, 4) is 17.9 Å². The zero-order valence-corrected chi connectivity index (χ0v) is 26.3. The summed E-state index contributed by atoms with van der Waals surface area (Å²) in [4.78, 5) is 0. The van der Waals surface area contributed by atoms with Gasteiger partial charge >= 0.3 is 12.1 Å². The normalized spacial score (nSPS) is 36.8. The molecule has 6 atom stereocenters. The van der Waals surface area contributed by atoms with E-state index in [0.29, 0.717) is 50.0 Å². The van der Waals surface area contributed by atoms with Gasteiger partial charge in [0.25, 0.3) is 0 Å². The van der Waals surface area contributed by atoms with Crippen molar-refractivity contribution in [1.29, 1.82) is 5.26 Å². The van der Waals surface area contributed by atoms with Crippen LogP contribution in [0.3, 0.4) is 0 Å². The van der Waals surface area contributed by atoms with E-state index < -0.39 is 52.8 Å². The molecular weight excluding hydrogens is 605 g/mol. The first-order valence-corrected chi connectivity index (χ1v) is 16.0. The largest absolute Gasteiger partial charge is 0.456 e. The third kappa shape index (κ3) is 5.03. The second-order valence-electron chi connectivity index (χ2n) is 15.0. The van der Waals surface area contributed by atoms with Crippen LogP contribution in [0.15, 0.2) is 47.6 Å². The van der Waals surface area contributed by atoms with E-state index in [9.17, 15) is 23.4 Å². The van der Waals surface area contributed by atoms with Gasteiger partial charge in [-0.25, -0.2) is 0 Å². The van der Waals surface area contributed by atoms with Crippen LogP contribution in [0.5, 0.6) is 0 Å². The smallest absolute Gasteiger partial charge is 0.385 e. The molecule has 0 aromatic heterocycles. The fourth-order valence-corrected chi connectivity index (χ4v) is 9.31. The van der Waals surface area contributed by atoms with E-state index in [1.807, 2.05) is 19.9 Å².